The van der Waals surface area contributed by atoms with Crippen LogP contribution in [0.5, 0.6) is 0 Å². The molecule has 0 saturated carbocycles. The van der Waals surface area contributed by atoms with E-state index in [1.165, 1.54) is 0 Å². The molecule has 110 valence electrons. The maximum Gasteiger partial charge on any atom is 0.209 e. The molecular weight excluding hydrogens is 280 g/mol. The summed E-state index contributed by atoms with van der Waals surface area (Å²) in [5.41, 5.74) is 5.68. The van der Waals surface area contributed by atoms with Gasteiger partial charge in [-0.2, -0.15) is 0 Å². The number of nitrogens with zero attached hydrogens (tertiary/aromatic N) is 3. The predicted octanol–water partition coefficient (Wildman–Crippen LogP) is 0.0512. The molecule has 2 heterocycles. The molecule has 0 spiro atoms. The first-order chi connectivity index (χ1) is 9.16. The summed E-state index contributed by atoms with van der Waals surface area (Å²) in [4.78, 5) is 8.36. The standard InChI is InChI=1S/C11H18N6O2S/c1-11(2,16-20(3,18)19)7-14-9-10-13-4-5-17(10)6-8(12)15-9/h4-6,16H,7,12H2,1-3H3,(H,14,15). The molecule has 8 nitrogen and oxygen atoms in total. The van der Waals surface area contributed by atoms with Gasteiger partial charge < -0.3 is 15.5 Å². The van der Waals surface area contributed by atoms with Crippen molar-refractivity contribution in [1.29, 1.82) is 0 Å². The second-order valence-electron chi connectivity index (χ2n) is 5.28. The number of nitrogens with one attached hydrogen (secondary N) is 2. The first-order valence-corrected chi connectivity index (χ1v) is 7.87. The number of nitrogen functional groups attached to an aromatic ring is 1. The molecule has 0 aliphatic carbocycles. The lowest BCUT2D eigenvalue weighted by molar-refractivity contribution is 0.476. The van der Waals surface area contributed by atoms with Crippen LogP contribution >= 0.6 is 0 Å². The molecule has 0 fully saturated rings. The molecule has 0 aliphatic rings. The van der Waals surface area contributed by atoms with Crippen LogP contribution in [0.1, 0.15) is 13.8 Å². The van der Waals surface area contributed by atoms with Crippen molar-refractivity contribution >= 4 is 27.3 Å². The minimum absolute atomic E-state index is 0.346. The quantitative estimate of drug-likeness (QED) is 0.718. The lowest BCUT2D eigenvalue weighted by Crippen LogP contribution is -2.47. The molecule has 9 heteroatoms. The topological polar surface area (TPSA) is 114 Å². The summed E-state index contributed by atoms with van der Waals surface area (Å²) in [6.07, 6.45) is 6.19. The molecule has 0 saturated heterocycles. The van der Waals surface area contributed by atoms with Gasteiger partial charge in [0.25, 0.3) is 0 Å². The monoisotopic (exact) mass is 298 g/mol. The van der Waals surface area contributed by atoms with Gasteiger partial charge in [-0.1, -0.05) is 0 Å². The molecule has 0 amide bonds. The van der Waals surface area contributed by atoms with E-state index >= 15 is 0 Å². The largest absolute Gasteiger partial charge is 0.382 e. The Kier molecular flexibility index (Phi) is 3.57. The highest BCUT2D eigenvalue weighted by Crippen LogP contribution is 2.15. The molecule has 4 N–H and O–H groups in total. The van der Waals surface area contributed by atoms with E-state index < -0.39 is 15.6 Å². The number of sulfonamides is 1. The average Bonchev–Trinajstić information content (AvgIpc) is 2.70. The van der Waals surface area contributed by atoms with Gasteiger partial charge in [0, 0.05) is 24.5 Å². The first kappa shape index (κ1) is 14.5. The molecule has 0 aliphatic heterocycles. The molecule has 0 unspecified atom stereocenters. The zero-order valence-corrected chi connectivity index (χ0v) is 12.4. The maximum atomic E-state index is 11.3. The van der Waals surface area contributed by atoms with Gasteiger partial charge in [-0.3, -0.25) is 0 Å². The van der Waals surface area contributed by atoms with E-state index in [0.29, 0.717) is 23.8 Å². The van der Waals surface area contributed by atoms with Crippen molar-refractivity contribution < 1.29 is 8.42 Å². The van der Waals surface area contributed by atoms with E-state index in [2.05, 4.69) is 20.0 Å². The summed E-state index contributed by atoms with van der Waals surface area (Å²) in [7, 11) is -3.28. The minimum atomic E-state index is -3.28. The molecule has 20 heavy (non-hydrogen) atoms. The second kappa shape index (κ2) is 4.91. The normalized spacial score (nSPS) is 12.8. The van der Waals surface area contributed by atoms with Crippen molar-refractivity contribution in [3.05, 3.63) is 18.6 Å². The highest BCUT2D eigenvalue weighted by molar-refractivity contribution is 7.88. The lowest BCUT2D eigenvalue weighted by Gasteiger charge is -2.25. The Morgan fingerprint density at radius 3 is 2.80 bits per heavy atom. The summed E-state index contributed by atoms with van der Waals surface area (Å²) < 4.78 is 26.9. The zero-order valence-electron chi connectivity index (χ0n) is 11.6. The van der Waals surface area contributed by atoms with Crippen LogP contribution in [0.15, 0.2) is 18.6 Å². The molecule has 2 aromatic rings. The van der Waals surface area contributed by atoms with Gasteiger partial charge in [0.15, 0.2) is 11.5 Å². The number of imidazole rings is 1. The zero-order chi connectivity index (χ0) is 15.0. The van der Waals surface area contributed by atoms with Crippen LogP contribution in [0.2, 0.25) is 0 Å². The highest BCUT2D eigenvalue weighted by Gasteiger charge is 2.22. The van der Waals surface area contributed by atoms with Crippen LogP contribution < -0.4 is 15.8 Å². The number of nitrogens with two attached hydrogens (primary N) is 1. The SMILES string of the molecule is CC(C)(CNc1nc(N)cn2ccnc12)NS(C)(=O)=O. The van der Waals surface area contributed by atoms with Crippen LogP contribution in [0, 0.1) is 0 Å². The Hall–Kier alpha value is -1.87. The van der Waals surface area contributed by atoms with Crippen molar-refractivity contribution in [2.45, 2.75) is 19.4 Å². The molecule has 2 aromatic heterocycles. The number of anilines is 2. The first-order valence-electron chi connectivity index (χ1n) is 5.98. The summed E-state index contributed by atoms with van der Waals surface area (Å²) in [5.74, 6) is 0.866. The number of hydrogen-bond acceptors (Lipinski definition) is 6. The van der Waals surface area contributed by atoms with Crippen LogP contribution in [-0.4, -0.2) is 41.1 Å². The smallest absolute Gasteiger partial charge is 0.209 e. The molecule has 0 bridgehead atoms. The number of rotatable bonds is 5. The molecule has 0 atom stereocenters. The van der Waals surface area contributed by atoms with Crippen molar-refractivity contribution in [3.8, 4) is 0 Å². The minimum Gasteiger partial charge on any atom is -0.382 e. The maximum absolute atomic E-state index is 11.3. The third-order valence-electron chi connectivity index (χ3n) is 2.55. The van der Waals surface area contributed by atoms with E-state index in [9.17, 15) is 8.42 Å². The van der Waals surface area contributed by atoms with Crippen LogP contribution in [0.25, 0.3) is 5.65 Å². The van der Waals surface area contributed by atoms with E-state index in [0.717, 1.165) is 6.26 Å². The second-order valence-corrected chi connectivity index (χ2v) is 7.03. The highest BCUT2D eigenvalue weighted by atomic mass is 32.2. The van der Waals surface area contributed by atoms with Crippen molar-refractivity contribution in [2.24, 2.45) is 0 Å². The van der Waals surface area contributed by atoms with Crippen molar-refractivity contribution in [3.63, 3.8) is 0 Å². The van der Waals surface area contributed by atoms with Crippen molar-refractivity contribution in [2.75, 3.05) is 23.9 Å². The number of fused-ring (bicyclic) bond motifs is 1. The van der Waals surface area contributed by atoms with E-state index in [4.69, 9.17) is 5.73 Å². The Labute approximate surface area is 117 Å². The third kappa shape index (κ3) is 3.58. The van der Waals surface area contributed by atoms with Gasteiger partial charge in [-0.05, 0) is 13.8 Å². The van der Waals surface area contributed by atoms with Gasteiger partial charge in [-0.25, -0.2) is 23.1 Å². The van der Waals surface area contributed by atoms with Gasteiger partial charge >= 0.3 is 0 Å². The van der Waals surface area contributed by atoms with Crippen LogP contribution in [-0.2, 0) is 10.0 Å². The van der Waals surface area contributed by atoms with E-state index in [-0.39, 0.29) is 0 Å². The van der Waals surface area contributed by atoms with E-state index in [1.54, 1.807) is 36.8 Å². The van der Waals surface area contributed by atoms with Crippen LogP contribution in [0.3, 0.4) is 0 Å². The summed E-state index contributed by atoms with van der Waals surface area (Å²) in [6.45, 7) is 3.89. The Bertz CT molecular complexity index is 722. The van der Waals surface area contributed by atoms with Gasteiger partial charge in [0.1, 0.15) is 5.82 Å². The fourth-order valence-electron chi connectivity index (χ4n) is 1.91. The Balaban J connectivity index is 2.19. The molecule has 2 rings (SSSR count). The third-order valence-corrected chi connectivity index (χ3v) is 3.48. The van der Waals surface area contributed by atoms with Crippen LogP contribution in [0.4, 0.5) is 11.6 Å². The Morgan fingerprint density at radius 2 is 2.15 bits per heavy atom. The predicted molar refractivity (Wildman–Crippen MR) is 77.9 cm³/mol. The summed E-state index contributed by atoms with van der Waals surface area (Å²) in [6, 6.07) is 0. The average molecular weight is 298 g/mol. The molecular formula is C11H18N6O2S. The Morgan fingerprint density at radius 1 is 1.45 bits per heavy atom. The van der Waals surface area contributed by atoms with Crippen molar-refractivity contribution in [1.82, 2.24) is 19.1 Å². The van der Waals surface area contributed by atoms with Gasteiger partial charge in [0.2, 0.25) is 10.0 Å². The lowest BCUT2D eigenvalue weighted by atomic mass is 10.1. The molecule has 0 radical (unpaired) electrons. The summed E-state index contributed by atoms with van der Waals surface area (Å²) >= 11 is 0. The fourth-order valence-corrected chi connectivity index (χ4v) is 2.99. The van der Waals surface area contributed by atoms with Gasteiger partial charge in [0.05, 0.1) is 12.5 Å². The number of aromatic nitrogens is 3. The fraction of sp³-hybridized carbons (Fsp3) is 0.455. The van der Waals surface area contributed by atoms with Gasteiger partial charge in [-0.15, -0.1) is 0 Å². The van der Waals surface area contributed by atoms with E-state index in [1.807, 2.05) is 0 Å². The molecule has 0 aromatic carbocycles. The number of hydrogen-bond donors (Lipinski definition) is 3. The summed E-state index contributed by atoms with van der Waals surface area (Å²) in [5, 5.41) is 3.08.